The highest BCUT2D eigenvalue weighted by atomic mass is 35.5. The van der Waals surface area contributed by atoms with Gasteiger partial charge in [-0.2, -0.15) is 4.98 Å². The van der Waals surface area contributed by atoms with Crippen molar-refractivity contribution >= 4 is 41.8 Å². The van der Waals surface area contributed by atoms with E-state index >= 15 is 0 Å². The number of piperidine rings is 1. The lowest BCUT2D eigenvalue weighted by Gasteiger charge is -2.37. The number of hydrogen-bond acceptors (Lipinski definition) is 8. The first-order valence-corrected chi connectivity index (χ1v) is 13.1. The van der Waals surface area contributed by atoms with Crippen molar-refractivity contribution in [3.63, 3.8) is 0 Å². The summed E-state index contributed by atoms with van der Waals surface area (Å²) in [5, 5.41) is 12.5. The molecule has 0 aliphatic carbocycles. The number of likely N-dealkylation sites (tertiary alicyclic amines) is 1. The Bertz CT molecular complexity index is 1220. The van der Waals surface area contributed by atoms with E-state index in [0.29, 0.717) is 10.7 Å². The number of carbonyl (C=O) groups excluding carboxylic acids is 2. The molecule has 14 heteroatoms. The molecule has 214 valence electrons. The van der Waals surface area contributed by atoms with Crippen molar-refractivity contribution in [2.24, 2.45) is 11.5 Å². The van der Waals surface area contributed by atoms with Crippen molar-refractivity contribution in [3.05, 3.63) is 51.5 Å². The number of benzene rings is 1. The second kappa shape index (κ2) is 13.1. The van der Waals surface area contributed by atoms with E-state index in [0.717, 1.165) is 38.0 Å². The molecule has 2 saturated heterocycles. The Balaban J connectivity index is 0.00000420. The van der Waals surface area contributed by atoms with Gasteiger partial charge in [-0.15, -0.1) is 12.4 Å². The molecule has 0 unspecified atom stereocenters. The molecule has 1 atom stereocenters. The van der Waals surface area contributed by atoms with Crippen LogP contribution in [0.15, 0.2) is 35.3 Å². The Kier molecular flexibility index (Phi) is 10.3. The highest BCUT2D eigenvalue weighted by Crippen LogP contribution is 2.23. The predicted molar refractivity (Wildman–Crippen MR) is 151 cm³/mol. The lowest BCUT2D eigenvalue weighted by Crippen LogP contribution is -2.60. The van der Waals surface area contributed by atoms with E-state index in [1.807, 2.05) is 12.1 Å². The number of nitrogens with one attached hydrogen (secondary N) is 1. The lowest BCUT2D eigenvalue weighted by molar-refractivity contribution is -0.139. The lowest BCUT2D eigenvalue weighted by atomic mass is 10.0. The summed E-state index contributed by atoms with van der Waals surface area (Å²) in [7, 11) is 0. The molecule has 0 radical (unpaired) electrons. The van der Waals surface area contributed by atoms with Gasteiger partial charge in [-0.1, -0.05) is 17.7 Å². The van der Waals surface area contributed by atoms with E-state index in [2.05, 4.69) is 15.2 Å². The number of aromatic nitrogens is 2. The number of amides is 3. The first-order chi connectivity index (χ1) is 18.1. The van der Waals surface area contributed by atoms with Crippen LogP contribution in [0.5, 0.6) is 0 Å². The number of halogens is 2. The number of anilines is 1. The molecule has 2 aliphatic rings. The van der Waals surface area contributed by atoms with E-state index in [9.17, 15) is 19.5 Å². The van der Waals surface area contributed by atoms with Gasteiger partial charge in [0.2, 0.25) is 5.91 Å². The topological polar surface area (TPSA) is 163 Å². The predicted octanol–water partition coefficient (Wildman–Crippen LogP) is 0.617. The highest BCUT2D eigenvalue weighted by molar-refractivity contribution is 6.31. The summed E-state index contributed by atoms with van der Waals surface area (Å²) in [4.78, 5) is 47.2. The van der Waals surface area contributed by atoms with Gasteiger partial charge in [-0.3, -0.25) is 19.6 Å². The molecule has 1 aromatic heterocycles. The molecule has 4 rings (SSSR count). The van der Waals surface area contributed by atoms with Gasteiger partial charge in [0, 0.05) is 50.0 Å². The summed E-state index contributed by atoms with van der Waals surface area (Å²) in [6, 6.07) is 6.84. The number of nitrogens with zero attached hydrogens (tertiary/aromatic N) is 5. The van der Waals surface area contributed by atoms with Crippen LogP contribution in [0.2, 0.25) is 5.02 Å². The molecule has 2 aromatic rings. The van der Waals surface area contributed by atoms with Gasteiger partial charge in [0.25, 0.3) is 0 Å². The molecule has 12 nitrogen and oxygen atoms in total. The number of aliphatic hydroxyl groups excluding tert-OH is 1. The van der Waals surface area contributed by atoms with Crippen molar-refractivity contribution in [2.75, 3.05) is 51.2 Å². The molecule has 6 N–H and O–H groups in total. The monoisotopic (exact) mass is 582 g/mol. The molecule has 2 fully saturated rings. The number of urea groups is 1. The van der Waals surface area contributed by atoms with E-state index in [1.54, 1.807) is 12.1 Å². The van der Waals surface area contributed by atoms with Crippen LogP contribution in [0.25, 0.3) is 5.69 Å². The maximum Gasteiger partial charge on any atom is 0.354 e. The smallest absolute Gasteiger partial charge is 0.354 e. The zero-order valence-electron chi connectivity index (χ0n) is 21.9. The van der Waals surface area contributed by atoms with Crippen LogP contribution in [0.3, 0.4) is 0 Å². The van der Waals surface area contributed by atoms with Gasteiger partial charge >= 0.3 is 11.7 Å². The van der Waals surface area contributed by atoms with Crippen molar-refractivity contribution < 1.29 is 14.7 Å². The van der Waals surface area contributed by atoms with Crippen LogP contribution in [0.4, 0.5) is 10.6 Å². The molecule has 3 heterocycles. The minimum atomic E-state index is -1.36. The third kappa shape index (κ3) is 7.47. The molecule has 0 saturated carbocycles. The van der Waals surface area contributed by atoms with E-state index < -0.39 is 23.9 Å². The Morgan fingerprint density at radius 1 is 1.13 bits per heavy atom. The Labute approximate surface area is 238 Å². The van der Waals surface area contributed by atoms with Gasteiger partial charge in [-0.25, -0.2) is 9.59 Å². The number of carbonyl (C=O) groups is 2. The number of piperazine rings is 1. The van der Waals surface area contributed by atoms with Crippen molar-refractivity contribution in [3.8, 4) is 5.69 Å². The molecule has 3 amide bonds. The number of rotatable bonds is 6. The fourth-order valence-corrected chi connectivity index (χ4v) is 4.80. The normalized spacial score (nSPS) is 18.3. The van der Waals surface area contributed by atoms with E-state index in [-0.39, 0.29) is 56.4 Å². The summed E-state index contributed by atoms with van der Waals surface area (Å²) < 4.78 is 1.36. The van der Waals surface area contributed by atoms with Gasteiger partial charge < -0.3 is 26.4 Å². The molecular formula is C25H36Cl2N8O4. The average molecular weight is 584 g/mol. The Hall–Kier alpha value is -2.74. The summed E-state index contributed by atoms with van der Waals surface area (Å²) in [6.07, 6.45) is 3.47. The minimum absolute atomic E-state index is 0. The Morgan fingerprint density at radius 2 is 1.77 bits per heavy atom. The van der Waals surface area contributed by atoms with Gasteiger partial charge in [0.15, 0.2) is 0 Å². The first kappa shape index (κ1) is 30.8. The van der Waals surface area contributed by atoms with E-state index in [4.69, 9.17) is 23.1 Å². The highest BCUT2D eigenvalue weighted by Gasteiger charge is 2.34. The van der Waals surface area contributed by atoms with Crippen LogP contribution >= 0.6 is 24.0 Å². The average Bonchev–Trinajstić information content (AvgIpc) is 2.91. The summed E-state index contributed by atoms with van der Waals surface area (Å²) >= 11 is 6.54. The second-order valence-corrected chi connectivity index (χ2v) is 10.5. The Morgan fingerprint density at radius 3 is 2.36 bits per heavy atom. The third-order valence-electron chi connectivity index (χ3n) is 7.05. The van der Waals surface area contributed by atoms with Gasteiger partial charge in [0.1, 0.15) is 11.4 Å². The molecule has 0 bridgehead atoms. The van der Waals surface area contributed by atoms with Crippen LogP contribution in [0.1, 0.15) is 25.3 Å². The number of aliphatic hydroxyl groups is 1. The second-order valence-electron chi connectivity index (χ2n) is 10.1. The zero-order valence-corrected chi connectivity index (χ0v) is 23.5. The molecule has 2 aliphatic heterocycles. The standard InChI is InChI=1S/C25H35ClN8O4.ClH/c1-25(28,16-35)22(36)32-10-12-33(13-11-32)23(37)29-21-6-9-34(24(38)30-21)19-3-2-17(20(26)14-19)15-31-7-4-18(27)5-8-31;/h2-3,6,9,14,18,35H,4-5,7-8,10-13,15-16,27-28H2,1H3,(H,29,30,37,38);1H/t25-;/m0./s1. The van der Waals surface area contributed by atoms with Gasteiger partial charge in [-0.05, 0) is 56.6 Å². The van der Waals surface area contributed by atoms with Crippen LogP contribution in [-0.4, -0.2) is 98.8 Å². The SMILES string of the molecule is C[C@](N)(CO)C(=O)N1CCN(C(=O)Nc2ccn(-c3ccc(CN4CCC(N)CC4)c(Cl)c3)c(=O)n2)CC1.Cl. The molecule has 39 heavy (non-hydrogen) atoms. The zero-order chi connectivity index (χ0) is 27.4. The number of nitrogens with two attached hydrogens (primary N) is 2. The van der Waals surface area contributed by atoms with E-state index in [1.165, 1.54) is 27.5 Å². The van der Waals surface area contributed by atoms with Crippen LogP contribution < -0.4 is 22.5 Å². The number of hydrogen-bond donors (Lipinski definition) is 4. The maximum absolute atomic E-state index is 12.7. The fourth-order valence-electron chi connectivity index (χ4n) is 4.57. The van der Waals surface area contributed by atoms with Crippen LogP contribution in [-0.2, 0) is 11.3 Å². The maximum atomic E-state index is 12.7. The minimum Gasteiger partial charge on any atom is -0.394 e. The van der Waals surface area contributed by atoms with Crippen molar-refractivity contribution in [2.45, 2.75) is 37.9 Å². The van der Waals surface area contributed by atoms with Crippen molar-refractivity contribution in [1.82, 2.24) is 24.3 Å². The largest absolute Gasteiger partial charge is 0.394 e. The third-order valence-corrected chi connectivity index (χ3v) is 7.40. The van der Waals surface area contributed by atoms with Crippen LogP contribution in [0, 0.1) is 0 Å². The summed E-state index contributed by atoms with van der Waals surface area (Å²) in [5.41, 5.74) is 11.4. The fraction of sp³-hybridized carbons (Fsp3) is 0.520. The first-order valence-electron chi connectivity index (χ1n) is 12.7. The molecule has 1 aromatic carbocycles. The van der Waals surface area contributed by atoms with Crippen molar-refractivity contribution in [1.29, 1.82) is 0 Å². The summed E-state index contributed by atoms with van der Waals surface area (Å²) in [5.74, 6) is -0.245. The molecular weight excluding hydrogens is 547 g/mol. The summed E-state index contributed by atoms with van der Waals surface area (Å²) in [6.45, 7) is 4.73. The van der Waals surface area contributed by atoms with Gasteiger partial charge in [0.05, 0.1) is 12.3 Å². The quantitative estimate of drug-likeness (QED) is 0.385. The molecule has 0 spiro atoms.